The van der Waals surface area contributed by atoms with Crippen molar-refractivity contribution in [1.29, 1.82) is 0 Å². The van der Waals surface area contributed by atoms with E-state index in [2.05, 4.69) is 35.1 Å². The summed E-state index contributed by atoms with van der Waals surface area (Å²) in [5, 5.41) is 4.09. The van der Waals surface area contributed by atoms with Gasteiger partial charge in [-0.3, -0.25) is 9.78 Å². The van der Waals surface area contributed by atoms with Gasteiger partial charge in [0.2, 0.25) is 0 Å². The Balaban J connectivity index is 1.54. The van der Waals surface area contributed by atoms with Gasteiger partial charge >= 0.3 is 0 Å². The van der Waals surface area contributed by atoms with Gasteiger partial charge in [-0.05, 0) is 56.1 Å². The van der Waals surface area contributed by atoms with Gasteiger partial charge in [0, 0.05) is 24.0 Å². The van der Waals surface area contributed by atoms with Crippen molar-refractivity contribution >= 4 is 27.5 Å². The highest BCUT2D eigenvalue weighted by atomic mass is 32.1. The van der Waals surface area contributed by atoms with Crippen molar-refractivity contribution in [3.63, 3.8) is 0 Å². The molecule has 2 aliphatic carbocycles. The van der Waals surface area contributed by atoms with Crippen molar-refractivity contribution in [2.24, 2.45) is 0 Å². The van der Waals surface area contributed by atoms with E-state index >= 15 is 0 Å². The molecule has 1 N–H and O–H groups in total. The smallest absolute Gasteiger partial charge is 0.255 e. The SMILES string of the molecule is C=C/C(OC1=CCCC=C1)=C(\CCC)C(=O)NC1=CC(c2nc3ccncc3s2)CC=C1. The van der Waals surface area contributed by atoms with Gasteiger partial charge in [0.15, 0.2) is 0 Å². The first kappa shape index (κ1) is 22.0. The highest BCUT2D eigenvalue weighted by Crippen LogP contribution is 2.32. The number of ether oxygens (including phenoxy) is 1. The molecule has 0 radical (unpaired) electrons. The standard InChI is InChI=1S/C26H27N3O2S/c1-3-9-21(23(4-2)31-20-12-6-5-7-13-20)25(30)28-19-11-8-10-18(16-19)26-29-22-14-15-27-17-24(22)32-26/h4,6,8,11-18H,2-3,5,7,9-10H2,1H3,(H,28,30)/b23-21-. The zero-order chi connectivity index (χ0) is 22.3. The first-order chi connectivity index (χ1) is 15.7. The number of amides is 1. The largest absolute Gasteiger partial charge is 0.457 e. The molecule has 6 heteroatoms. The normalized spacial score (nSPS) is 18.6. The molecule has 0 spiro atoms. The first-order valence-corrected chi connectivity index (χ1v) is 11.8. The van der Waals surface area contributed by atoms with Gasteiger partial charge in [-0.1, -0.05) is 38.2 Å². The highest BCUT2D eigenvalue weighted by molar-refractivity contribution is 7.18. The zero-order valence-corrected chi connectivity index (χ0v) is 19.0. The van der Waals surface area contributed by atoms with Crippen LogP contribution in [-0.4, -0.2) is 15.9 Å². The van der Waals surface area contributed by atoms with Gasteiger partial charge in [0.25, 0.3) is 5.91 Å². The molecule has 5 nitrogen and oxygen atoms in total. The fourth-order valence-electron chi connectivity index (χ4n) is 3.72. The Labute approximate surface area is 192 Å². The van der Waals surface area contributed by atoms with Crippen molar-refractivity contribution in [1.82, 2.24) is 15.3 Å². The van der Waals surface area contributed by atoms with E-state index in [0.717, 1.165) is 52.4 Å². The third kappa shape index (κ3) is 5.14. The maximum Gasteiger partial charge on any atom is 0.255 e. The molecular formula is C26H27N3O2S. The maximum atomic E-state index is 13.2. The molecule has 2 aromatic rings. The number of hydrogen-bond donors (Lipinski definition) is 1. The quantitative estimate of drug-likeness (QED) is 0.297. The Morgan fingerprint density at radius 1 is 1.34 bits per heavy atom. The molecule has 32 heavy (non-hydrogen) atoms. The van der Waals surface area contributed by atoms with E-state index in [-0.39, 0.29) is 11.8 Å². The third-order valence-corrected chi connectivity index (χ3v) is 6.43. The molecule has 1 atom stereocenters. The lowest BCUT2D eigenvalue weighted by atomic mass is 9.99. The second-order valence-electron chi connectivity index (χ2n) is 7.70. The van der Waals surface area contributed by atoms with E-state index < -0.39 is 0 Å². The Bertz CT molecular complexity index is 1130. The number of allylic oxidation sites excluding steroid dienone is 7. The molecule has 4 rings (SSSR count). The number of nitrogens with zero attached hydrogens (tertiary/aromatic N) is 2. The molecule has 0 aliphatic heterocycles. The second-order valence-corrected chi connectivity index (χ2v) is 8.76. The molecule has 0 saturated carbocycles. The lowest BCUT2D eigenvalue weighted by Gasteiger charge is -2.18. The molecule has 0 saturated heterocycles. The van der Waals surface area contributed by atoms with Gasteiger partial charge in [-0.25, -0.2) is 4.98 Å². The highest BCUT2D eigenvalue weighted by Gasteiger charge is 2.20. The summed E-state index contributed by atoms with van der Waals surface area (Å²) in [7, 11) is 0. The van der Waals surface area contributed by atoms with Crippen molar-refractivity contribution in [2.45, 2.75) is 44.9 Å². The molecule has 1 amide bonds. The van der Waals surface area contributed by atoms with Crippen LogP contribution in [0.2, 0.25) is 0 Å². The summed E-state index contributed by atoms with van der Waals surface area (Å²) in [4.78, 5) is 22.1. The van der Waals surface area contributed by atoms with Gasteiger partial charge in [-0.2, -0.15) is 0 Å². The predicted octanol–water partition coefficient (Wildman–Crippen LogP) is 6.23. The number of rotatable bonds is 8. The van der Waals surface area contributed by atoms with Crippen LogP contribution >= 0.6 is 11.3 Å². The molecule has 0 aromatic carbocycles. The summed E-state index contributed by atoms with van der Waals surface area (Å²) < 4.78 is 7.09. The number of hydrogen-bond acceptors (Lipinski definition) is 5. The predicted molar refractivity (Wildman–Crippen MR) is 130 cm³/mol. The van der Waals surface area contributed by atoms with Gasteiger partial charge < -0.3 is 10.1 Å². The summed E-state index contributed by atoms with van der Waals surface area (Å²) in [5.74, 6) is 1.23. The van der Waals surface area contributed by atoms with Crippen LogP contribution in [-0.2, 0) is 9.53 Å². The van der Waals surface area contributed by atoms with Crippen molar-refractivity contribution in [2.75, 3.05) is 0 Å². The Hall–Kier alpha value is -3.25. The van der Waals surface area contributed by atoms with Gasteiger partial charge in [0.1, 0.15) is 16.5 Å². The molecule has 0 fully saturated rings. The second kappa shape index (κ2) is 10.4. The van der Waals surface area contributed by atoms with E-state index in [1.54, 1.807) is 23.6 Å². The van der Waals surface area contributed by atoms with Crippen molar-refractivity contribution < 1.29 is 9.53 Å². The fraction of sp³-hybridized carbons (Fsp3) is 0.269. The molecule has 2 aromatic heterocycles. The number of carbonyl (C=O) groups excluding carboxylic acids is 1. The molecule has 164 valence electrons. The number of pyridine rings is 1. The van der Waals surface area contributed by atoms with E-state index in [9.17, 15) is 4.79 Å². The number of carbonyl (C=O) groups is 1. The zero-order valence-electron chi connectivity index (χ0n) is 18.2. The molecule has 0 bridgehead atoms. The van der Waals surface area contributed by atoms with E-state index in [1.807, 2.05) is 37.4 Å². The topological polar surface area (TPSA) is 64.1 Å². The monoisotopic (exact) mass is 445 g/mol. The van der Waals surface area contributed by atoms with Crippen LogP contribution in [0.5, 0.6) is 0 Å². The van der Waals surface area contributed by atoms with Gasteiger partial charge in [0.05, 0.1) is 15.8 Å². The van der Waals surface area contributed by atoms with Crippen LogP contribution < -0.4 is 5.32 Å². The van der Waals surface area contributed by atoms with E-state index in [1.165, 1.54) is 0 Å². The summed E-state index contributed by atoms with van der Waals surface area (Å²) in [6.45, 7) is 5.92. The number of thiazole rings is 1. The number of fused-ring (bicyclic) bond motifs is 1. The van der Waals surface area contributed by atoms with Gasteiger partial charge in [-0.15, -0.1) is 11.3 Å². The lowest BCUT2D eigenvalue weighted by molar-refractivity contribution is -0.117. The minimum Gasteiger partial charge on any atom is -0.457 e. The average Bonchev–Trinajstić information content (AvgIpc) is 3.26. The Kier molecular flexibility index (Phi) is 7.12. The lowest BCUT2D eigenvalue weighted by Crippen LogP contribution is -2.26. The Morgan fingerprint density at radius 2 is 2.25 bits per heavy atom. The molecule has 2 aliphatic rings. The van der Waals surface area contributed by atoms with Crippen LogP contribution in [0.15, 0.2) is 90.4 Å². The molecule has 2 heterocycles. The third-order valence-electron chi connectivity index (χ3n) is 5.30. The fourth-order valence-corrected chi connectivity index (χ4v) is 4.73. The van der Waals surface area contributed by atoms with Crippen LogP contribution in [0.3, 0.4) is 0 Å². The summed E-state index contributed by atoms with van der Waals surface area (Å²) in [5.41, 5.74) is 2.34. The number of nitrogens with one attached hydrogen (secondary N) is 1. The summed E-state index contributed by atoms with van der Waals surface area (Å²) in [6.07, 6.45) is 21.6. The van der Waals surface area contributed by atoms with Crippen molar-refractivity contribution in [3.8, 4) is 0 Å². The maximum absolute atomic E-state index is 13.2. The van der Waals surface area contributed by atoms with E-state index in [0.29, 0.717) is 17.8 Å². The first-order valence-electron chi connectivity index (χ1n) is 11.0. The minimum absolute atomic E-state index is 0.124. The summed E-state index contributed by atoms with van der Waals surface area (Å²) in [6, 6.07) is 1.93. The summed E-state index contributed by atoms with van der Waals surface area (Å²) >= 11 is 1.65. The van der Waals surface area contributed by atoms with Crippen molar-refractivity contribution in [3.05, 3.63) is 95.4 Å². The van der Waals surface area contributed by atoms with Crippen LogP contribution in [0.4, 0.5) is 0 Å². The van der Waals surface area contributed by atoms with Crippen LogP contribution in [0, 0.1) is 0 Å². The average molecular weight is 446 g/mol. The number of aromatic nitrogens is 2. The molecule has 1 unspecified atom stereocenters. The van der Waals surface area contributed by atoms with Crippen LogP contribution in [0.25, 0.3) is 10.2 Å². The molecular weight excluding hydrogens is 418 g/mol. The van der Waals surface area contributed by atoms with Crippen LogP contribution in [0.1, 0.15) is 50.0 Å². The Morgan fingerprint density at radius 3 is 3.00 bits per heavy atom. The van der Waals surface area contributed by atoms with E-state index in [4.69, 9.17) is 9.72 Å². The minimum atomic E-state index is -0.160.